The first-order chi connectivity index (χ1) is 11.1. The van der Waals surface area contributed by atoms with Gasteiger partial charge in [0.15, 0.2) is 5.82 Å². The lowest BCUT2D eigenvalue weighted by Crippen LogP contribution is -2.02. The molecule has 114 valence electrons. The summed E-state index contributed by atoms with van der Waals surface area (Å²) in [5.74, 6) is -0.726. The number of benzene rings is 1. The Balaban J connectivity index is 2.15. The Morgan fingerprint density at radius 2 is 2.00 bits per heavy atom. The van der Waals surface area contributed by atoms with Gasteiger partial charge in [0.1, 0.15) is 17.0 Å². The van der Waals surface area contributed by atoms with Crippen molar-refractivity contribution in [2.24, 2.45) is 10.2 Å². The number of phenols is 1. The average Bonchev–Trinajstić information content (AvgIpc) is 2.54. The van der Waals surface area contributed by atoms with E-state index in [1.54, 1.807) is 37.4 Å². The number of hydrogen-bond donors (Lipinski definition) is 2. The van der Waals surface area contributed by atoms with E-state index in [0.29, 0.717) is 28.1 Å². The van der Waals surface area contributed by atoms with E-state index < -0.39 is 5.97 Å². The van der Waals surface area contributed by atoms with Crippen molar-refractivity contribution >= 4 is 28.4 Å². The second-order valence-electron chi connectivity index (χ2n) is 4.81. The summed E-state index contributed by atoms with van der Waals surface area (Å²) in [6.07, 6.45) is 1.60. The highest BCUT2D eigenvalue weighted by molar-refractivity contribution is 5.99. The molecule has 3 aromatic rings. The molecule has 2 aromatic heterocycles. The zero-order valence-corrected chi connectivity index (χ0v) is 12.1. The van der Waals surface area contributed by atoms with Crippen LogP contribution in [0.1, 0.15) is 16.1 Å². The number of azo groups is 1. The highest BCUT2D eigenvalue weighted by atomic mass is 16.4. The topological polar surface area (TPSA) is 108 Å². The molecule has 0 bridgehead atoms. The first-order valence-electron chi connectivity index (χ1n) is 6.75. The normalized spacial score (nSPS) is 11.2. The van der Waals surface area contributed by atoms with Crippen LogP contribution in [0.25, 0.3) is 10.9 Å². The van der Waals surface area contributed by atoms with Crippen LogP contribution < -0.4 is 0 Å². The Labute approximate surface area is 131 Å². The molecule has 3 rings (SSSR count). The van der Waals surface area contributed by atoms with E-state index in [1.807, 2.05) is 0 Å². The molecule has 0 aliphatic rings. The molecule has 0 saturated heterocycles. The summed E-state index contributed by atoms with van der Waals surface area (Å²) < 4.78 is 0. The van der Waals surface area contributed by atoms with Crippen molar-refractivity contribution in [2.45, 2.75) is 6.92 Å². The molecule has 0 radical (unpaired) electrons. The summed E-state index contributed by atoms with van der Waals surface area (Å²) in [7, 11) is 0. The lowest BCUT2D eigenvalue weighted by Gasteiger charge is -2.07. The zero-order valence-electron chi connectivity index (χ0n) is 12.1. The summed E-state index contributed by atoms with van der Waals surface area (Å²) in [5, 5.41) is 27.6. The van der Waals surface area contributed by atoms with Crippen LogP contribution in [0.5, 0.6) is 5.75 Å². The molecule has 0 aliphatic heterocycles. The Morgan fingerprint density at radius 1 is 1.17 bits per heavy atom. The molecule has 0 spiro atoms. The highest BCUT2D eigenvalue weighted by Gasteiger charge is 2.14. The van der Waals surface area contributed by atoms with Crippen LogP contribution in [-0.4, -0.2) is 26.2 Å². The number of carboxylic acids is 1. The fourth-order valence-electron chi connectivity index (χ4n) is 2.14. The van der Waals surface area contributed by atoms with Crippen molar-refractivity contribution in [3.63, 3.8) is 0 Å². The van der Waals surface area contributed by atoms with Crippen molar-refractivity contribution in [2.75, 3.05) is 0 Å². The van der Waals surface area contributed by atoms with Gasteiger partial charge in [-0.25, -0.2) is 14.8 Å². The summed E-state index contributed by atoms with van der Waals surface area (Å²) in [6.45, 7) is 1.59. The molecule has 0 aliphatic carbocycles. The van der Waals surface area contributed by atoms with Gasteiger partial charge in [-0.3, -0.25) is 0 Å². The van der Waals surface area contributed by atoms with E-state index in [0.717, 1.165) is 0 Å². The van der Waals surface area contributed by atoms with Crippen LogP contribution in [-0.2, 0) is 0 Å². The molecule has 2 N–H and O–H groups in total. The van der Waals surface area contributed by atoms with Gasteiger partial charge in [0.25, 0.3) is 0 Å². The number of fused-ring (bicyclic) bond motifs is 1. The van der Waals surface area contributed by atoms with E-state index in [-0.39, 0.29) is 11.3 Å². The number of aromatic nitrogens is 2. The van der Waals surface area contributed by atoms with Gasteiger partial charge in [0.05, 0.1) is 11.3 Å². The Kier molecular flexibility index (Phi) is 3.68. The minimum Gasteiger partial charge on any atom is -0.507 e. The van der Waals surface area contributed by atoms with Crippen LogP contribution in [0.2, 0.25) is 0 Å². The largest absolute Gasteiger partial charge is 0.507 e. The smallest absolute Gasteiger partial charge is 0.337 e. The molecule has 0 amide bonds. The molecule has 7 nitrogen and oxygen atoms in total. The number of aromatic hydroxyl groups is 1. The Bertz CT molecular complexity index is 924. The number of rotatable bonds is 3. The highest BCUT2D eigenvalue weighted by Crippen LogP contribution is 2.33. The van der Waals surface area contributed by atoms with Crippen LogP contribution >= 0.6 is 0 Å². The molecular formula is C16H12N4O3. The number of carboxylic acid groups (broad SMARTS) is 1. The van der Waals surface area contributed by atoms with Gasteiger partial charge in [0, 0.05) is 11.6 Å². The molecule has 7 heteroatoms. The van der Waals surface area contributed by atoms with E-state index in [9.17, 15) is 9.90 Å². The van der Waals surface area contributed by atoms with E-state index in [2.05, 4.69) is 20.2 Å². The summed E-state index contributed by atoms with van der Waals surface area (Å²) >= 11 is 0. The van der Waals surface area contributed by atoms with E-state index in [1.165, 1.54) is 12.1 Å². The van der Waals surface area contributed by atoms with Crippen molar-refractivity contribution in [1.29, 1.82) is 0 Å². The van der Waals surface area contributed by atoms with Crippen molar-refractivity contribution in [1.82, 2.24) is 9.97 Å². The SMILES string of the molecule is Cc1nc2c(/N=N/c3ccccn3)ccc(O)c2cc1C(=O)O. The molecule has 1 aromatic carbocycles. The minimum absolute atomic E-state index is 0.0339. The number of hydrogen-bond acceptors (Lipinski definition) is 6. The third-order valence-corrected chi connectivity index (χ3v) is 3.27. The zero-order chi connectivity index (χ0) is 16.4. The lowest BCUT2D eigenvalue weighted by molar-refractivity contribution is 0.0696. The van der Waals surface area contributed by atoms with Gasteiger partial charge in [-0.1, -0.05) is 6.07 Å². The van der Waals surface area contributed by atoms with Crippen LogP contribution in [0.15, 0.2) is 52.8 Å². The van der Waals surface area contributed by atoms with Gasteiger partial charge in [-0.05, 0) is 37.3 Å². The second kappa shape index (κ2) is 5.80. The summed E-state index contributed by atoms with van der Waals surface area (Å²) in [4.78, 5) is 19.5. The maximum atomic E-state index is 11.2. The molecule has 0 fully saturated rings. The van der Waals surface area contributed by atoms with Crippen molar-refractivity contribution in [3.05, 3.63) is 53.9 Å². The third kappa shape index (κ3) is 2.84. The lowest BCUT2D eigenvalue weighted by atomic mass is 10.1. The van der Waals surface area contributed by atoms with Crippen molar-refractivity contribution in [3.8, 4) is 5.75 Å². The van der Waals surface area contributed by atoms with Gasteiger partial charge in [0.2, 0.25) is 0 Å². The first kappa shape index (κ1) is 14.6. The second-order valence-corrected chi connectivity index (χ2v) is 4.81. The summed E-state index contributed by atoms with van der Waals surface area (Å²) in [5.41, 5.74) is 1.17. The Hall–Kier alpha value is -3.35. The fraction of sp³-hybridized carbons (Fsp3) is 0.0625. The maximum absolute atomic E-state index is 11.2. The predicted molar refractivity (Wildman–Crippen MR) is 83.5 cm³/mol. The van der Waals surface area contributed by atoms with Gasteiger partial charge < -0.3 is 10.2 Å². The van der Waals surface area contributed by atoms with E-state index in [4.69, 9.17) is 5.11 Å². The molecule has 23 heavy (non-hydrogen) atoms. The average molecular weight is 308 g/mol. The first-order valence-corrected chi connectivity index (χ1v) is 6.75. The fourth-order valence-corrected chi connectivity index (χ4v) is 2.14. The number of aryl methyl sites for hydroxylation is 1. The monoisotopic (exact) mass is 308 g/mol. The van der Waals surface area contributed by atoms with Gasteiger partial charge >= 0.3 is 5.97 Å². The van der Waals surface area contributed by atoms with Crippen LogP contribution in [0.4, 0.5) is 11.5 Å². The molecule has 0 atom stereocenters. The quantitative estimate of drug-likeness (QED) is 0.716. The van der Waals surface area contributed by atoms with Crippen LogP contribution in [0, 0.1) is 6.92 Å². The Morgan fingerprint density at radius 3 is 2.70 bits per heavy atom. The number of phenolic OH excluding ortho intramolecular Hbond substituents is 1. The standard InChI is InChI=1S/C16H12N4O3/c1-9-10(16(22)23)8-11-13(21)6-5-12(15(11)18-9)19-20-14-4-2-3-7-17-14/h2-8,21H,1H3,(H,22,23)/b20-19+. The van der Waals surface area contributed by atoms with Gasteiger partial charge in [-0.15, -0.1) is 10.2 Å². The summed E-state index contributed by atoms with van der Waals surface area (Å²) in [6, 6.07) is 9.64. The number of aromatic carboxylic acids is 1. The maximum Gasteiger partial charge on any atom is 0.337 e. The third-order valence-electron chi connectivity index (χ3n) is 3.27. The predicted octanol–water partition coefficient (Wildman–Crippen LogP) is 3.76. The molecule has 2 heterocycles. The number of pyridine rings is 2. The van der Waals surface area contributed by atoms with E-state index >= 15 is 0 Å². The molecular weight excluding hydrogens is 296 g/mol. The van der Waals surface area contributed by atoms with Crippen LogP contribution in [0.3, 0.4) is 0 Å². The minimum atomic E-state index is -1.10. The molecule has 0 saturated carbocycles. The molecule has 0 unspecified atom stereocenters. The van der Waals surface area contributed by atoms with Gasteiger partial charge in [-0.2, -0.15) is 0 Å². The number of nitrogens with zero attached hydrogens (tertiary/aromatic N) is 4. The van der Waals surface area contributed by atoms with Crippen molar-refractivity contribution < 1.29 is 15.0 Å². The number of carbonyl (C=O) groups is 1.